The van der Waals surface area contributed by atoms with Crippen molar-refractivity contribution in [3.8, 4) is 0 Å². The monoisotopic (exact) mass is 398 g/mol. The van der Waals surface area contributed by atoms with Gasteiger partial charge >= 0.3 is 5.97 Å². The normalized spacial score (nSPS) is 15.7. The highest BCUT2D eigenvalue weighted by molar-refractivity contribution is 5.86. The molecule has 6 heteroatoms. The molecule has 1 aromatic carbocycles. The zero-order chi connectivity index (χ0) is 20.6. The van der Waals surface area contributed by atoms with Crippen molar-refractivity contribution in [2.45, 2.75) is 46.5 Å². The summed E-state index contributed by atoms with van der Waals surface area (Å²) < 4.78 is 5.18. The maximum Gasteiger partial charge on any atom is 0.309 e. The van der Waals surface area contributed by atoms with Crippen LogP contribution in [-0.2, 0) is 22.4 Å². The number of H-pyrrole nitrogens is 1. The van der Waals surface area contributed by atoms with E-state index < -0.39 is 0 Å². The first kappa shape index (κ1) is 21.2. The number of rotatable bonds is 7. The molecule has 2 aromatic rings. The van der Waals surface area contributed by atoms with Gasteiger partial charge in [-0.15, -0.1) is 0 Å². The first-order valence-electron chi connectivity index (χ1n) is 11.0. The zero-order valence-electron chi connectivity index (χ0n) is 18.0. The zero-order valence-corrected chi connectivity index (χ0v) is 18.0. The summed E-state index contributed by atoms with van der Waals surface area (Å²) in [4.78, 5) is 22.5. The lowest BCUT2D eigenvalue weighted by atomic mass is 9.97. The Morgan fingerprint density at radius 2 is 2.03 bits per heavy atom. The fourth-order valence-electron chi connectivity index (χ4n) is 4.07. The first-order chi connectivity index (χ1) is 14.2. The van der Waals surface area contributed by atoms with Gasteiger partial charge in [0.05, 0.1) is 12.5 Å². The molecule has 1 fully saturated rings. The summed E-state index contributed by atoms with van der Waals surface area (Å²) >= 11 is 0. The number of likely N-dealkylation sites (tertiary alicyclic amines) is 1. The molecule has 0 aliphatic carbocycles. The molecule has 1 aromatic heterocycles. The van der Waals surface area contributed by atoms with Gasteiger partial charge in [-0.25, -0.2) is 0 Å². The van der Waals surface area contributed by atoms with Crippen molar-refractivity contribution in [2.75, 3.05) is 32.8 Å². The molecule has 2 heterocycles. The van der Waals surface area contributed by atoms with Crippen LogP contribution in [0.3, 0.4) is 0 Å². The van der Waals surface area contributed by atoms with E-state index >= 15 is 0 Å². The second-order valence-corrected chi connectivity index (χ2v) is 7.51. The number of para-hydroxylation sites is 1. The molecule has 2 N–H and O–H groups in total. The third-order valence-corrected chi connectivity index (χ3v) is 5.66. The maximum atomic E-state index is 12.0. The minimum atomic E-state index is -0.0557. The van der Waals surface area contributed by atoms with Crippen LogP contribution >= 0.6 is 0 Å². The lowest BCUT2D eigenvalue weighted by molar-refractivity contribution is -0.149. The van der Waals surface area contributed by atoms with Crippen LogP contribution in [0.2, 0.25) is 0 Å². The average Bonchev–Trinajstić information content (AvgIpc) is 3.16. The van der Waals surface area contributed by atoms with E-state index in [9.17, 15) is 4.79 Å². The molecule has 0 radical (unpaired) electrons. The molecule has 1 aliphatic rings. The molecule has 158 valence electrons. The number of esters is 1. The Morgan fingerprint density at radius 1 is 1.24 bits per heavy atom. The Hall–Kier alpha value is -2.50. The summed E-state index contributed by atoms with van der Waals surface area (Å²) in [5.74, 6) is 0.914. The fourth-order valence-corrected chi connectivity index (χ4v) is 4.07. The number of benzene rings is 1. The number of piperidine rings is 1. The number of carbonyl (C=O) groups excluding carboxylic acids is 1. The molecule has 0 unspecified atom stereocenters. The summed E-state index contributed by atoms with van der Waals surface area (Å²) in [6.07, 6.45) is 5.71. The fraction of sp³-hybridized carbons (Fsp3) is 0.565. The van der Waals surface area contributed by atoms with Gasteiger partial charge in [0.15, 0.2) is 5.96 Å². The van der Waals surface area contributed by atoms with E-state index in [1.54, 1.807) is 0 Å². The quantitative estimate of drug-likeness (QED) is 0.425. The third-order valence-electron chi connectivity index (χ3n) is 5.66. The van der Waals surface area contributed by atoms with Gasteiger partial charge in [-0.3, -0.25) is 9.79 Å². The number of nitrogens with one attached hydrogen (secondary N) is 2. The number of aromatic amines is 1. The van der Waals surface area contributed by atoms with E-state index in [2.05, 4.69) is 53.4 Å². The number of carbonyl (C=O) groups is 1. The summed E-state index contributed by atoms with van der Waals surface area (Å²) in [5, 5.41) is 4.71. The van der Waals surface area contributed by atoms with Crippen molar-refractivity contribution in [1.82, 2.24) is 15.2 Å². The first-order valence-corrected chi connectivity index (χ1v) is 11.0. The molecule has 3 rings (SSSR count). The number of aryl methyl sites for hydroxylation is 1. The Labute approximate surface area is 173 Å². The minimum absolute atomic E-state index is 0.0214. The lowest BCUT2D eigenvalue weighted by Crippen LogP contribution is -2.46. The molecule has 0 spiro atoms. The van der Waals surface area contributed by atoms with Crippen molar-refractivity contribution < 1.29 is 9.53 Å². The van der Waals surface area contributed by atoms with E-state index in [0.717, 1.165) is 57.8 Å². The Bertz CT molecular complexity index is 835. The van der Waals surface area contributed by atoms with Crippen molar-refractivity contribution in [1.29, 1.82) is 0 Å². The predicted molar refractivity (Wildman–Crippen MR) is 118 cm³/mol. The van der Waals surface area contributed by atoms with Gasteiger partial charge < -0.3 is 19.9 Å². The highest BCUT2D eigenvalue weighted by Gasteiger charge is 2.27. The molecule has 6 nitrogen and oxygen atoms in total. The molecule has 1 saturated heterocycles. The van der Waals surface area contributed by atoms with Crippen molar-refractivity contribution in [3.63, 3.8) is 0 Å². The molecular weight excluding hydrogens is 364 g/mol. The minimum Gasteiger partial charge on any atom is -0.466 e. The van der Waals surface area contributed by atoms with Crippen LogP contribution in [0.15, 0.2) is 29.4 Å². The van der Waals surface area contributed by atoms with Gasteiger partial charge in [-0.1, -0.05) is 25.1 Å². The molecule has 29 heavy (non-hydrogen) atoms. The predicted octanol–water partition coefficient (Wildman–Crippen LogP) is 3.51. The smallest absolute Gasteiger partial charge is 0.309 e. The maximum absolute atomic E-state index is 12.0. The molecule has 0 bridgehead atoms. The summed E-state index contributed by atoms with van der Waals surface area (Å²) in [5.41, 5.74) is 3.92. The number of ether oxygens (including phenoxy) is 1. The van der Waals surface area contributed by atoms with E-state index in [4.69, 9.17) is 9.73 Å². The number of aromatic nitrogens is 1. The van der Waals surface area contributed by atoms with Gasteiger partial charge in [0.25, 0.3) is 0 Å². The molecule has 0 atom stereocenters. The second-order valence-electron chi connectivity index (χ2n) is 7.51. The van der Waals surface area contributed by atoms with Crippen molar-refractivity contribution in [2.24, 2.45) is 10.9 Å². The highest BCUT2D eigenvalue weighted by atomic mass is 16.5. The van der Waals surface area contributed by atoms with Crippen LogP contribution in [0, 0.1) is 5.92 Å². The Morgan fingerprint density at radius 3 is 2.72 bits per heavy atom. The van der Waals surface area contributed by atoms with Crippen LogP contribution in [0.5, 0.6) is 0 Å². The van der Waals surface area contributed by atoms with Gasteiger partial charge in [0.2, 0.25) is 0 Å². The third kappa shape index (κ3) is 5.11. The highest BCUT2D eigenvalue weighted by Crippen LogP contribution is 2.23. The second kappa shape index (κ2) is 10.3. The molecular formula is C23H34N4O2. The molecule has 0 saturated carbocycles. The summed E-state index contributed by atoms with van der Waals surface area (Å²) in [6, 6.07) is 6.51. The van der Waals surface area contributed by atoms with Gasteiger partial charge in [0.1, 0.15) is 0 Å². The van der Waals surface area contributed by atoms with Crippen LogP contribution in [0.25, 0.3) is 10.9 Å². The largest absolute Gasteiger partial charge is 0.466 e. The van der Waals surface area contributed by atoms with Crippen molar-refractivity contribution >= 4 is 22.8 Å². The number of hydrogen-bond donors (Lipinski definition) is 2. The number of fused-ring (bicyclic) bond motifs is 1. The van der Waals surface area contributed by atoms with Crippen LogP contribution in [-0.4, -0.2) is 54.6 Å². The van der Waals surface area contributed by atoms with Gasteiger partial charge in [0, 0.05) is 43.3 Å². The van der Waals surface area contributed by atoms with E-state index in [1.807, 2.05) is 6.92 Å². The van der Waals surface area contributed by atoms with Crippen LogP contribution < -0.4 is 5.32 Å². The van der Waals surface area contributed by atoms with E-state index in [-0.39, 0.29) is 11.9 Å². The van der Waals surface area contributed by atoms with Gasteiger partial charge in [-0.2, -0.15) is 0 Å². The van der Waals surface area contributed by atoms with Crippen LogP contribution in [0.1, 0.15) is 44.7 Å². The Kier molecular flexibility index (Phi) is 7.55. The summed E-state index contributed by atoms with van der Waals surface area (Å²) in [7, 11) is 0. The van der Waals surface area contributed by atoms with E-state index in [1.165, 1.54) is 22.0 Å². The topological polar surface area (TPSA) is 69.7 Å². The SMILES string of the molecule is CCNC(=NCCc1c[nH]c2c(CC)cccc12)N1CCC(C(=O)OCC)CC1. The van der Waals surface area contributed by atoms with E-state index in [0.29, 0.717) is 6.61 Å². The standard InChI is InChI=1S/C23H34N4O2/c1-4-17-8-7-9-20-19(16-26-21(17)20)10-13-25-23(24-5-2)27-14-11-18(12-15-27)22(28)29-6-3/h7-9,16,18,26H,4-6,10-15H2,1-3H3,(H,24,25). The van der Waals surface area contributed by atoms with Gasteiger partial charge in [-0.05, 0) is 50.7 Å². The Balaban J connectivity index is 1.61. The van der Waals surface area contributed by atoms with Crippen LogP contribution in [0.4, 0.5) is 0 Å². The summed E-state index contributed by atoms with van der Waals surface area (Å²) in [6.45, 7) is 9.84. The number of guanidine groups is 1. The average molecular weight is 399 g/mol. The number of hydrogen-bond acceptors (Lipinski definition) is 3. The number of aliphatic imine (C=N–C) groups is 1. The lowest BCUT2D eigenvalue weighted by Gasteiger charge is -2.33. The van der Waals surface area contributed by atoms with Crippen molar-refractivity contribution in [3.05, 3.63) is 35.5 Å². The molecule has 0 amide bonds. The number of nitrogens with zero attached hydrogens (tertiary/aromatic N) is 2. The molecule has 1 aliphatic heterocycles.